The molecular formula is C17H21N3OS. The molecule has 3 rings (SSSR count). The Morgan fingerprint density at radius 1 is 1.32 bits per heavy atom. The highest BCUT2D eigenvalue weighted by molar-refractivity contribution is 7.09. The minimum absolute atomic E-state index is 0.157. The molecule has 2 heterocycles. The standard InChI is InChI=1S/C17H21N3OS/c21-16(19-14-6-2-1-3-7-14)8-9-17-20-15(12-22-17)13-5-4-10-18-11-13/h4-5,10-12,14H,1-3,6-9H2,(H,19,21). The normalized spacial score (nSPS) is 15.6. The summed E-state index contributed by atoms with van der Waals surface area (Å²) in [5.41, 5.74) is 1.97. The summed E-state index contributed by atoms with van der Waals surface area (Å²) in [7, 11) is 0. The highest BCUT2D eigenvalue weighted by atomic mass is 32.1. The minimum Gasteiger partial charge on any atom is -0.353 e. The lowest BCUT2D eigenvalue weighted by Gasteiger charge is -2.22. The molecule has 22 heavy (non-hydrogen) atoms. The van der Waals surface area contributed by atoms with Crippen molar-refractivity contribution >= 4 is 17.2 Å². The topological polar surface area (TPSA) is 54.9 Å². The molecule has 1 amide bonds. The average Bonchev–Trinajstić information content (AvgIpc) is 3.04. The quantitative estimate of drug-likeness (QED) is 0.917. The Bertz CT molecular complexity index is 605. The van der Waals surface area contributed by atoms with Crippen LogP contribution in [0.25, 0.3) is 11.3 Å². The lowest BCUT2D eigenvalue weighted by Crippen LogP contribution is -2.36. The zero-order valence-corrected chi connectivity index (χ0v) is 13.4. The van der Waals surface area contributed by atoms with Crippen molar-refractivity contribution in [3.05, 3.63) is 34.9 Å². The van der Waals surface area contributed by atoms with Crippen LogP contribution in [0.15, 0.2) is 29.9 Å². The summed E-state index contributed by atoms with van der Waals surface area (Å²) in [6.45, 7) is 0. The molecule has 1 saturated carbocycles. The first-order valence-electron chi connectivity index (χ1n) is 7.95. The van der Waals surface area contributed by atoms with Gasteiger partial charge >= 0.3 is 0 Å². The molecule has 1 N–H and O–H groups in total. The van der Waals surface area contributed by atoms with Gasteiger partial charge in [-0.2, -0.15) is 0 Å². The zero-order chi connectivity index (χ0) is 15.2. The van der Waals surface area contributed by atoms with Crippen LogP contribution in [0.3, 0.4) is 0 Å². The van der Waals surface area contributed by atoms with Crippen molar-refractivity contribution in [1.29, 1.82) is 0 Å². The van der Waals surface area contributed by atoms with Gasteiger partial charge in [0.2, 0.25) is 5.91 Å². The maximum atomic E-state index is 12.0. The predicted octanol–water partition coefficient (Wildman–Crippen LogP) is 3.59. The fourth-order valence-corrected chi connectivity index (χ4v) is 3.65. The van der Waals surface area contributed by atoms with Crippen LogP contribution in [0.2, 0.25) is 0 Å². The van der Waals surface area contributed by atoms with Crippen molar-refractivity contribution in [2.24, 2.45) is 0 Å². The molecule has 0 aromatic carbocycles. The second-order valence-corrected chi connectivity index (χ2v) is 6.71. The average molecular weight is 315 g/mol. The van der Waals surface area contributed by atoms with Crippen molar-refractivity contribution in [3.8, 4) is 11.3 Å². The maximum absolute atomic E-state index is 12.0. The van der Waals surface area contributed by atoms with E-state index in [9.17, 15) is 4.79 Å². The van der Waals surface area contributed by atoms with E-state index in [2.05, 4.69) is 15.3 Å². The molecule has 1 aliphatic rings. The van der Waals surface area contributed by atoms with E-state index in [4.69, 9.17) is 0 Å². The number of carbonyl (C=O) groups excluding carboxylic acids is 1. The summed E-state index contributed by atoms with van der Waals surface area (Å²) in [5.74, 6) is 0.157. The fourth-order valence-electron chi connectivity index (χ4n) is 2.84. The van der Waals surface area contributed by atoms with Crippen LogP contribution in [0.1, 0.15) is 43.5 Å². The monoisotopic (exact) mass is 315 g/mol. The van der Waals surface area contributed by atoms with Crippen LogP contribution in [-0.2, 0) is 11.2 Å². The Labute approximate surface area is 135 Å². The molecular weight excluding hydrogens is 294 g/mol. The number of pyridine rings is 1. The molecule has 2 aromatic heterocycles. The largest absolute Gasteiger partial charge is 0.353 e. The van der Waals surface area contributed by atoms with Gasteiger partial charge in [-0.05, 0) is 25.0 Å². The van der Waals surface area contributed by atoms with E-state index >= 15 is 0 Å². The van der Waals surface area contributed by atoms with Crippen molar-refractivity contribution in [1.82, 2.24) is 15.3 Å². The SMILES string of the molecule is O=C(CCc1nc(-c2cccnc2)cs1)NC1CCCCC1. The predicted molar refractivity (Wildman–Crippen MR) is 88.7 cm³/mol. The highest BCUT2D eigenvalue weighted by Crippen LogP contribution is 2.22. The van der Waals surface area contributed by atoms with Crippen molar-refractivity contribution in [2.75, 3.05) is 0 Å². The second kappa shape index (κ2) is 7.49. The molecule has 1 fully saturated rings. The molecule has 0 bridgehead atoms. The molecule has 0 unspecified atom stereocenters. The molecule has 0 saturated heterocycles. The zero-order valence-electron chi connectivity index (χ0n) is 12.6. The van der Waals surface area contributed by atoms with E-state index in [1.807, 2.05) is 23.7 Å². The number of aromatic nitrogens is 2. The van der Waals surface area contributed by atoms with Crippen LogP contribution >= 0.6 is 11.3 Å². The first-order valence-corrected chi connectivity index (χ1v) is 8.83. The van der Waals surface area contributed by atoms with Crippen LogP contribution in [-0.4, -0.2) is 21.9 Å². The van der Waals surface area contributed by atoms with Crippen molar-refractivity contribution in [2.45, 2.75) is 51.0 Å². The van der Waals surface area contributed by atoms with E-state index in [-0.39, 0.29) is 5.91 Å². The molecule has 5 heteroatoms. The van der Waals surface area contributed by atoms with Gasteiger partial charge in [-0.1, -0.05) is 19.3 Å². The first-order chi connectivity index (χ1) is 10.8. The first kappa shape index (κ1) is 15.2. The Hall–Kier alpha value is -1.75. The van der Waals surface area contributed by atoms with E-state index < -0.39 is 0 Å². The third kappa shape index (κ3) is 4.13. The van der Waals surface area contributed by atoms with E-state index in [1.54, 1.807) is 17.5 Å². The van der Waals surface area contributed by atoms with Gasteiger partial charge in [-0.15, -0.1) is 11.3 Å². The third-order valence-corrected chi connectivity index (χ3v) is 4.95. The number of rotatable bonds is 5. The number of hydrogen-bond acceptors (Lipinski definition) is 4. The van der Waals surface area contributed by atoms with Gasteiger partial charge in [0.15, 0.2) is 0 Å². The van der Waals surface area contributed by atoms with Gasteiger partial charge < -0.3 is 5.32 Å². The van der Waals surface area contributed by atoms with Crippen LogP contribution in [0, 0.1) is 0 Å². The smallest absolute Gasteiger partial charge is 0.220 e. The summed E-state index contributed by atoms with van der Waals surface area (Å²) < 4.78 is 0. The molecule has 1 aliphatic carbocycles. The number of nitrogens with one attached hydrogen (secondary N) is 1. The Balaban J connectivity index is 1.49. The van der Waals surface area contributed by atoms with Crippen LogP contribution in [0.4, 0.5) is 0 Å². The molecule has 0 radical (unpaired) electrons. The highest BCUT2D eigenvalue weighted by Gasteiger charge is 2.15. The summed E-state index contributed by atoms with van der Waals surface area (Å²) in [6.07, 6.45) is 10.9. The van der Waals surface area contributed by atoms with Crippen molar-refractivity contribution < 1.29 is 4.79 Å². The number of hydrogen-bond donors (Lipinski definition) is 1. The molecule has 0 spiro atoms. The van der Waals surface area contributed by atoms with Gasteiger partial charge in [-0.3, -0.25) is 9.78 Å². The van der Waals surface area contributed by atoms with E-state index in [0.29, 0.717) is 18.9 Å². The van der Waals surface area contributed by atoms with Gasteiger partial charge in [0.05, 0.1) is 10.7 Å². The minimum atomic E-state index is 0.157. The molecule has 116 valence electrons. The summed E-state index contributed by atoms with van der Waals surface area (Å²) in [4.78, 5) is 20.7. The summed E-state index contributed by atoms with van der Waals surface area (Å²) >= 11 is 1.61. The lowest BCUT2D eigenvalue weighted by atomic mass is 9.95. The number of amides is 1. The molecule has 2 aromatic rings. The van der Waals surface area contributed by atoms with Crippen LogP contribution in [0.5, 0.6) is 0 Å². The number of carbonyl (C=O) groups is 1. The van der Waals surface area contributed by atoms with Crippen molar-refractivity contribution in [3.63, 3.8) is 0 Å². The van der Waals surface area contributed by atoms with Gasteiger partial charge in [0, 0.05) is 42.2 Å². The Morgan fingerprint density at radius 2 is 2.18 bits per heavy atom. The number of nitrogens with zero attached hydrogens (tertiary/aromatic N) is 2. The number of thiazole rings is 1. The van der Waals surface area contributed by atoms with Crippen LogP contribution < -0.4 is 5.32 Å². The molecule has 4 nitrogen and oxygen atoms in total. The van der Waals surface area contributed by atoms with E-state index in [0.717, 1.165) is 29.1 Å². The number of aryl methyl sites for hydroxylation is 1. The van der Waals surface area contributed by atoms with Gasteiger partial charge in [-0.25, -0.2) is 4.98 Å². The Morgan fingerprint density at radius 3 is 2.95 bits per heavy atom. The van der Waals surface area contributed by atoms with Gasteiger partial charge in [0.1, 0.15) is 0 Å². The lowest BCUT2D eigenvalue weighted by molar-refractivity contribution is -0.121. The fraction of sp³-hybridized carbons (Fsp3) is 0.471. The molecule has 0 aliphatic heterocycles. The second-order valence-electron chi connectivity index (χ2n) is 5.77. The molecule has 0 atom stereocenters. The third-order valence-electron chi connectivity index (χ3n) is 4.05. The van der Waals surface area contributed by atoms with Gasteiger partial charge in [0.25, 0.3) is 0 Å². The summed E-state index contributed by atoms with van der Waals surface area (Å²) in [6, 6.07) is 4.30. The Kier molecular flexibility index (Phi) is 5.16. The maximum Gasteiger partial charge on any atom is 0.220 e. The van der Waals surface area contributed by atoms with E-state index in [1.165, 1.54) is 19.3 Å². The summed E-state index contributed by atoms with van der Waals surface area (Å²) in [5, 5.41) is 6.20.